The second-order valence-electron chi connectivity index (χ2n) is 4.40. The predicted molar refractivity (Wildman–Crippen MR) is 85.8 cm³/mol. The summed E-state index contributed by atoms with van der Waals surface area (Å²) in [6.45, 7) is -0.177. The van der Waals surface area contributed by atoms with Gasteiger partial charge in [-0.25, -0.2) is 0 Å². The van der Waals surface area contributed by atoms with Gasteiger partial charge in [0, 0.05) is 28.4 Å². The summed E-state index contributed by atoms with van der Waals surface area (Å²) in [4.78, 5) is 15.9. The SMILES string of the molecule is COc1ccc(Cl)cc1/C=C/C(=O)Nc1cnccc1CO. The number of amides is 1. The molecule has 5 nitrogen and oxygen atoms in total. The molecule has 1 heterocycles. The number of hydrogen-bond donors (Lipinski definition) is 2. The molecular weight excluding hydrogens is 304 g/mol. The third-order valence-electron chi connectivity index (χ3n) is 2.95. The van der Waals surface area contributed by atoms with E-state index in [1.54, 1.807) is 43.6 Å². The molecule has 0 aliphatic rings. The summed E-state index contributed by atoms with van der Waals surface area (Å²) in [7, 11) is 1.55. The summed E-state index contributed by atoms with van der Waals surface area (Å²) in [5, 5.41) is 12.4. The molecule has 22 heavy (non-hydrogen) atoms. The van der Waals surface area contributed by atoms with Crippen molar-refractivity contribution in [3.63, 3.8) is 0 Å². The van der Waals surface area contributed by atoms with Crippen molar-refractivity contribution in [2.24, 2.45) is 0 Å². The van der Waals surface area contributed by atoms with Gasteiger partial charge in [0.2, 0.25) is 5.91 Å². The monoisotopic (exact) mass is 318 g/mol. The molecule has 114 valence electrons. The molecule has 2 N–H and O–H groups in total. The van der Waals surface area contributed by atoms with Gasteiger partial charge in [-0.05, 0) is 30.3 Å². The molecule has 0 aliphatic carbocycles. The molecule has 2 aromatic rings. The molecule has 0 unspecified atom stereocenters. The van der Waals surface area contributed by atoms with Crippen LogP contribution in [0.4, 0.5) is 5.69 Å². The molecular formula is C16H15ClN2O3. The van der Waals surface area contributed by atoms with Crippen LogP contribution >= 0.6 is 11.6 Å². The number of carbonyl (C=O) groups excluding carboxylic acids is 1. The Labute approximate surface area is 133 Å². The van der Waals surface area contributed by atoms with Crippen LogP contribution in [0.1, 0.15) is 11.1 Å². The summed E-state index contributed by atoms with van der Waals surface area (Å²) < 4.78 is 5.20. The maximum atomic E-state index is 12.0. The third-order valence-corrected chi connectivity index (χ3v) is 3.18. The maximum Gasteiger partial charge on any atom is 0.248 e. The van der Waals surface area contributed by atoms with E-state index in [4.69, 9.17) is 16.3 Å². The summed E-state index contributed by atoms with van der Waals surface area (Å²) in [5.41, 5.74) is 1.76. The van der Waals surface area contributed by atoms with E-state index in [9.17, 15) is 9.90 Å². The average Bonchev–Trinajstić information content (AvgIpc) is 2.53. The summed E-state index contributed by atoms with van der Waals surface area (Å²) in [6, 6.07) is 6.78. The first-order chi connectivity index (χ1) is 10.6. The van der Waals surface area contributed by atoms with E-state index in [1.165, 1.54) is 12.3 Å². The zero-order valence-electron chi connectivity index (χ0n) is 11.9. The number of halogens is 1. The number of carbonyl (C=O) groups is 1. The van der Waals surface area contributed by atoms with Gasteiger partial charge in [-0.2, -0.15) is 0 Å². The Balaban J connectivity index is 2.13. The molecule has 2 rings (SSSR count). The number of aromatic nitrogens is 1. The van der Waals surface area contributed by atoms with E-state index in [1.807, 2.05) is 0 Å². The smallest absolute Gasteiger partial charge is 0.248 e. The number of aliphatic hydroxyl groups is 1. The van der Waals surface area contributed by atoms with E-state index in [-0.39, 0.29) is 12.5 Å². The highest BCUT2D eigenvalue weighted by atomic mass is 35.5. The fourth-order valence-electron chi connectivity index (χ4n) is 1.85. The lowest BCUT2D eigenvalue weighted by atomic mass is 10.2. The fraction of sp³-hybridized carbons (Fsp3) is 0.125. The predicted octanol–water partition coefficient (Wildman–Crippen LogP) is 2.89. The zero-order chi connectivity index (χ0) is 15.9. The lowest BCUT2D eigenvalue weighted by Crippen LogP contribution is -2.10. The molecule has 1 amide bonds. The number of nitrogens with one attached hydrogen (secondary N) is 1. The largest absolute Gasteiger partial charge is 0.496 e. The number of ether oxygens (including phenoxy) is 1. The number of pyridine rings is 1. The first-order valence-electron chi connectivity index (χ1n) is 6.50. The topological polar surface area (TPSA) is 71.5 Å². The number of anilines is 1. The Kier molecular flexibility index (Phi) is 5.52. The van der Waals surface area contributed by atoms with Crippen LogP contribution in [0, 0.1) is 0 Å². The number of nitrogens with zero attached hydrogens (tertiary/aromatic N) is 1. The van der Waals surface area contributed by atoms with Crippen LogP contribution in [0.25, 0.3) is 6.08 Å². The molecule has 0 bridgehead atoms. The van der Waals surface area contributed by atoms with Crippen molar-refractivity contribution in [2.75, 3.05) is 12.4 Å². The highest BCUT2D eigenvalue weighted by molar-refractivity contribution is 6.30. The van der Waals surface area contributed by atoms with E-state index >= 15 is 0 Å². The molecule has 0 aliphatic heterocycles. The number of aliphatic hydroxyl groups excluding tert-OH is 1. The first-order valence-corrected chi connectivity index (χ1v) is 6.88. The lowest BCUT2D eigenvalue weighted by Gasteiger charge is -2.07. The number of hydrogen-bond acceptors (Lipinski definition) is 4. The molecule has 0 saturated carbocycles. The standard InChI is InChI=1S/C16H15ClN2O3/c1-22-15-4-3-13(17)8-11(15)2-5-16(21)19-14-9-18-7-6-12(14)10-20/h2-9,20H,10H2,1H3,(H,19,21)/b5-2+. The average molecular weight is 319 g/mol. The van der Waals surface area contributed by atoms with Crippen LogP contribution in [-0.4, -0.2) is 23.1 Å². The minimum absolute atomic E-state index is 0.177. The van der Waals surface area contributed by atoms with E-state index < -0.39 is 0 Å². The quantitative estimate of drug-likeness (QED) is 0.832. The Bertz CT molecular complexity index is 702. The minimum Gasteiger partial charge on any atom is -0.496 e. The van der Waals surface area contributed by atoms with Crippen LogP contribution in [0.2, 0.25) is 5.02 Å². The van der Waals surface area contributed by atoms with Crippen LogP contribution in [0.5, 0.6) is 5.75 Å². The van der Waals surface area contributed by atoms with Crippen molar-refractivity contribution < 1.29 is 14.6 Å². The molecule has 0 radical (unpaired) electrons. The van der Waals surface area contributed by atoms with Gasteiger partial charge in [-0.15, -0.1) is 0 Å². The van der Waals surface area contributed by atoms with Crippen molar-refractivity contribution in [2.45, 2.75) is 6.61 Å². The first kappa shape index (κ1) is 16.0. The van der Waals surface area contributed by atoms with Gasteiger partial charge in [0.05, 0.1) is 25.6 Å². The molecule has 0 fully saturated rings. The fourth-order valence-corrected chi connectivity index (χ4v) is 2.03. The van der Waals surface area contributed by atoms with Crippen molar-refractivity contribution >= 4 is 29.3 Å². The number of benzene rings is 1. The van der Waals surface area contributed by atoms with E-state index in [2.05, 4.69) is 10.3 Å². The summed E-state index contributed by atoms with van der Waals surface area (Å²) >= 11 is 5.93. The lowest BCUT2D eigenvalue weighted by molar-refractivity contribution is -0.111. The Morgan fingerprint density at radius 1 is 1.45 bits per heavy atom. The highest BCUT2D eigenvalue weighted by Crippen LogP contribution is 2.23. The van der Waals surface area contributed by atoms with Crippen LogP contribution in [0.3, 0.4) is 0 Å². The maximum absolute atomic E-state index is 12.0. The van der Waals surface area contributed by atoms with Crippen LogP contribution < -0.4 is 10.1 Å². The van der Waals surface area contributed by atoms with Crippen molar-refractivity contribution in [1.29, 1.82) is 0 Å². The molecule has 0 saturated heterocycles. The zero-order valence-corrected chi connectivity index (χ0v) is 12.7. The van der Waals surface area contributed by atoms with Gasteiger partial charge >= 0.3 is 0 Å². The highest BCUT2D eigenvalue weighted by Gasteiger charge is 2.05. The Hall–Kier alpha value is -2.37. The molecule has 1 aromatic heterocycles. The second kappa shape index (κ2) is 7.59. The van der Waals surface area contributed by atoms with Gasteiger partial charge in [0.1, 0.15) is 5.75 Å². The Morgan fingerprint density at radius 3 is 3.00 bits per heavy atom. The Morgan fingerprint density at radius 2 is 2.27 bits per heavy atom. The van der Waals surface area contributed by atoms with E-state index in [0.29, 0.717) is 27.6 Å². The van der Waals surface area contributed by atoms with Crippen LogP contribution in [0.15, 0.2) is 42.7 Å². The van der Waals surface area contributed by atoms with Crippen molar-refractivity contribution in [3.8, 4) is 5.75 Å². The number of rotatable bonds is 5. The summed E-state index contributed by atoms with van der Waals surface area (Å²) in [6.07, 6.45) is 6.00. The summed E-state index contributed by atoms with van der Waals surface area (Å²) in [5.74, 6) is 0.274. The second-order valence-corrected chi connectivity index (χ2v) is 4.84. The number of methoxy groups -OCH3 is 1. The third kappa shape index (κ3) is 4.07. The molecule has 0 atom stereocenters. The van der Waals surface area contributed by atoms with Gasteiger partial charge < -0.3 is 15.2 Å². The van der Waals surface area contributed by atoms with Gasteiger partial charge in [-0.1, -0.05) is 11.6 Å². The van der Waals surface area contributed by atoms with Crippen molar-refractivity contribution in [3.05, 3.63) is 58.9 Å². The van der Waals surface area contributed by atoms with Crippen molar-refractivity contribution in [1.82, 2.24) is 4.98 Å². The minimum atomic E-state index is -0.343. The van der Waals surface area contributed by atoms with Crippen LogP contribution in [-0.2, 0) is 11.4 Å². The van der Waals surface area contributed by atoms with Gasteiger partial charge in [0.25, 0.3) is 0 Å². The molecule has 0 spiro atoms. The molecule has 1 aromatic carbocycles. The van der Waals surface area contributed by atoms with Gasteiger partial charge in [0.15, 0.2) is 0 Å². The normalized spacial score (nSPS) is 10.7. The van der Waals surface area contributed by atoms with Gasteiger partial charge in [-0.3, -0.25) is 9.78 Å². The van der Waals surface area contributed by atoms with E-state index in [0.717, 1.165) is 0 Å². The molecule has 6 heteroatoms.